The van der Waals surface area contributed by atoms with E-state index in [1.54, 1.807) is 12.4 Å². The number of alkyl halides is 1. The first-order valence-corrected chi connectivity index (χ1v) is 9.72. The lowest BCUT2D eigenvalue weighted by atomic mass is 10.0. The summed E-state index contributed by atoms with van der Waals surface area (Å²) in [5, 5.41) is 15.7. The van der Waals surface area contributed by atoms with Crippen LogP contribution in [0.3, 0.4) is 0 Å². The molecule has 3 atom stereocenters. The third-order valence-electron chi connectivity index (χ3n) is 5.40. The number of fused-ring (bicyclic) bond motifs is 1. The molecular weight excluding hydrogens is 375 g/mol. The maximum Gasteiger partial charge on any atom is 0.259 e. The molecule has 8 nitrogen and oxygen atoms in total. The van der Waals surface area contributed by atoms with E-state index in [1.165, 1.54) is 0 Å². The van der Waals surface area contributed by atoms with Gasteiger partial charge in [-0.2, -0.15) is 5.26 Å². The number of pyridine rings is 2. The molecule has 4 rings (SSSR count). The molecule has 29 heavy (non-hydrogen) atoms. The number of anilines is 1. The average molecular weight is 398 g/mol. The van der Waals surface area contributed by atoms with Gasteiger partial charge in [-0.3, -0.25) is 9.78 Å². The van der Waals surface area contributed by atoms with Crippen LogP contribution >= 0.6 is 0 Å². The van der Waals surface area contributed by atoms with Crippen LogP contribution in [0.5, 0.6) is 0 Å². The van der Waals surface area contributed by atoms with Crippen LogP contribution in [0, 0.1) is 11.3 Å². The van der Waals surface area contributed by atoms with E-state index >= 15 is 0 Å². The van der Waals surface area contributed by atoms with Crippen molar-refractivity contribution in [3.05, 3.63) is 30.2 Å². The monoisotopic (exact) mass is 398 g/mol. The Morgan fingerprint density at radius 1 is 1.52 bits per heavy atom. The van der Waals surface area contributed by atoms with E-state index in [2.05, 4.69) is 31.6 Å². The van der Waals surface area contributed by atoms with E-state index < -0.39 is 11.6 Å². The van der Waals surface area contributed by atoms with Gasteiger partial charge in [-0.25, -0.2) is 9.37 Å². The summed E-state index contributed by atoms with van der Waals surface area (Å²) >= 11 is 0. The number of nitriles is 1. The molecule has 0 radical (unpaired) electrons. The Morgan fingerprint density at radius 2 is 2.38 bits per heavy atom. The Kier molecular flexibility index (Phi) is 5.30. The van der Waals surface area contributed by atoms with Crippen LogP contribution in [0.1, 0.15) is 19.0 Å². The predicted octanol–water partition coefficient (Wildman–Crippen LogP) is 0.913. The highest BCUT2D eigenvalue weighted by atomic mass is 19.1. The number of nitrogens with one attached hydrogen (secondary N) is 2. The number of hydrogen-bond acceptors (Lipinski definition) is 7. The zero-order valence-electron chi connectivity index (χ0n) is 16.2. The van der Waals surface area contributed by atoms with Crippen molar-refractivity contribution in [3.63, 3.8) is 0 Å². The second-order valence-electron chi connectivity index (χ2n) is 7.58. The summed E-state index contributed by atoms with van der Waals surface area (Å²) in [6.45, 7) is 3.88. The molecule has 2 fully saturated rings. The highest BCUT2D eigenvalue weighted by molar-refractivity contribution is 5.93. The van der Waals surface area contributed by atoms with Gasteiger partial charge in [0.2, 0.25) is 5.67 Å². The highest BCUT2D eigenvalue weighted by Crippen LogP contribution is 2.29. The quantitative estimate of drug-likeness (QED) is 0.789. The Bertz CT molecular complexity index is 956. The normalized spacial score (nSPS) is 27.0. The number of amides is 1. The number of morpholine rings is 1. The minimum absolute atomic E-state index is 0.0444. The van der Waals surface area contributed by atoms with Crippen LogP contribution in [0.15, 0.2) is 24.5 Å². The van der Waals surface area contributed by atoms with Crippen molar-refractivity contribution in [3.8, 4) is 6.07 Å². The average Bonchev–Trinajstić information content (AvgIpc) is 3.18. The first-order chi connectivity index (χ1) is 14.0. The lowest BCUT2D eigenvalue weighted by molar-refractivity contribution is -0.132. The fourth-order valence-corrected chi connectivity index (χ4v) is 3.97. The van der Waals surface area contributed by atoms with Crippen molar-refractivity contribution in [1.29, 1.82) is 5.26 Å². The smallest absolute Gasteiger partial charge is 0.259 e. The van der Waals surface area contributed by atoms with Gasteiger partial charge in [0, 0.05) is 44.2 Å². The van der Waals surface area contributed by atoms with Gasteiger partial charge in [0.1, 0.15) is 11.6 Å². The molecule has 0 unspecified atom stereocenters. The van der Waals surface area contributed by atoms with Crippen LogP contribution in [0.2, 0.25) is 0 Å². The zero-order chi connectivity index (χ0) is 20.4. The van der Waals surface area contributed by atoms with Gasteiger partial charge in [0.05, 0.1) is 24.1 Å². The summed E-state index contributed by atoms with van der Waals surface area (Å²) in [6.07, 6.45) is 3.13. The molecule has 2 aliphatic heterocycles. The van der Waals surface area contributed by atoms with E-state index in [-0.39, 0.29) is 37.4 Å². The lowest BCUT2D eigenvalue weighted by Crippen LogP contribution is -2.53. The second-order valence-corrected chi connectivity index (χ2v) is 7.58. The number of nitrogens with zero attached hydrogens (tertiary/aromatic N) is 4. The maximum atomic E-state index is 14.6. The molecule has 0 spiro atoms. The van der Waals surface area contributed by atoms with Crippen molar-refractivity contribution >= 4 is 22.5 Å². The Labute approximate surface area is 168 Å². The SMILES string of the molecule is C[C@@H]1CN(c2cnc(C#N)c3ncccc23)C[C@H](CNC(=O)[C@@]2(F)CCNC2)O1. The number of ether oxygens (including phenoxy) is 1. The van der Waals surface area contributed by atoms with Crippen molar-refractivity contribution < 1.29 is 13.9 Å². The van der Waals surface area contributed by atoms with Gasteiger partial charge in [-0.1, -0.05) is 0 Å². The molecule has 1 amide bonds. The molecule has 2 saturated heterocycles. The first kappa shape index (κ1) is 19.5. The summed E-state index contributed by atoms with van der Waals surface area (Å²) in [4.78, 5) is 22.9. The number of halogens is 1. The first-order valence-electron chi connectivity index (χ1n) is 9.72. The van der Waals surface area contributed by atoms with Crippen molar-refractivity contribution in [2.24, 2.45) is 0 Å². The summed E-state index contributed by atoms with van der Waals surface area (Å²) < 4.78 is 20.5. The van der Waals surface area contributed by atoms with Gasteiger partial charge in [0.15, 0.2) is 5.69 Å². The van der Waals surface area contributed by atoms with E-state index in [4.69, 9.17) is 4.74 Å². The molecule has 2 aliphatic rings. The van der Waals surface area contributed by atoms with Crippen LogP contribution < -0.4 is 15.5 Å². The van der Waals surface area contributed by atoms with Crippen LogP contribution in [0.4, 0.5) is 10.1 Å². The standard InChI is InChI=1S/C20H23FN6O2/c1-13-10-27(17-9-25-16(7-22)18-15(17)3-2-5-24-18)11-14(29-13)8-26-19(28)20(21)4-6-23-12-20/h2-3,5,9,13-14,23H,4,6,8,10-12H2,1H3,(H,26,28)/t13-,14+,20-/m1/s1. The van der Waals surface area contributed by atoms with E-state index in [9.17, 15) is 14.4 Å². The highest BCUT2D eigenvalue weighted by Gasteiger charge is 2.41. The Hall–Kier alpha value is -2.83. The maximum absolute atomic E-state index is 14.6. The lowest BCUT2D eigenvalue weighted by Gasteiger charge is -2.38. The molecule has 2 aromatic heterocycles. The largest absolute Gasteiger partial charge is 0.370 e. The summed E-state index contributed by atoms with van der Waals surface area (Å²) in [5.41, 5.74) is -0.142. The van der Waals surface area contributed by atoms with Crippen LogP contribution in [-0.2, 0) is 9.53 Å². The molecule has 9 heteroatoms. The van der Waals surface area contributed by atoms with Crippen molar-refractivity contribution in [2.45, 2.75) is 31.2 Å². The molecule has 0 aliphatic carbocycles. The molecule has 0 aromatic carbocycles. The van der Waals surface area contributed by atoms with Crippen LogP contribution in [-0.4, -0.2) is 66.5 Å². The second kappa shape index (κ2) is 7.89. The van der Waals surface area contributed by atoms with Crippen LogP contribution in [0.25, 0.3) is 10.9 Å². The van der Waals surface area contributed by atoms with Crippen molar-refractivity contribution in [1.82, 2.24) is 20.6 Å². The Morgan fingerprint density at radius 3 is 3.14 bits per heavy atom. The molecule has 2 aromatic rings. The number of hydrogen-bond donors (Lipinski definition) is 2. The molecule has 2 N–H and O–H groups in total. The van der Waals surface area contributed by atoms with Gasteiger partial charge >= 0.3 is 0 Å². The summed E-state index contributed by atoms with van der Waals surface area (Å²) in [5.74, 6) is -0.592. The fraction of sp³-hybridized carbons (Fsp3) is 0.500. The third kappa shape index (κ3) is 3.86. The minimum atomic E-state index is -1.85. The molecule has 152 valence electrons. The van der Waals surface area contributed by atoms with E-state index in [1.807, 2.05) is 19.1 Å². The van der Waals surface area contributed by atoms with Gasteiger partial charge in [-0.05, 0) is 25.6 Å². The van der Waals surface area contributed by atoms with E-state index in [0.717, 1.165) is 11.1 Å². The Balaban J connectivity index is 1.50. The molecular formula is C20H23FN6O2. The predicted molar refractivity (Wildman–Crippen MR) is 105 cm³/mol. The van der Waals surface area contributed by atoms with Crippen molar-refractivity contribution in [2.75, 3.05) is 37.6 Å². The topological polar surface area (TPSA) is 103 Å². The fourth-order valence-electron chi connectivity index (χ4n) is 3.97. The molecule has 0 bridgehead atoms. The number of rotatable bonds is 4. The third-order valence-corrected chi connectivity index (χ3v) is 5.40. The summed E-state index contributed by atoms with van der Waals surface area (Å²) in [6, 6.07) is 5.81. The number of carbonyl (C=O) groups excluding carboxylic acids is 1. The molecule has 4 heterocycles. The number of carbonyl (C=O) groups is 1. The van der Waals surface area contributed by atoms with Gasteiger partial charge in [-0.15, -0.1) is 0 Å². The number of aromatic nitrogens is 2. The molecule has 0 saturated carbocycles. The van der Waals surface area contributed by atoms with Gasteiger partial charge < -0.3 is 20.3 Å². The zero-order valence-corrected chi connectivity index (χ0v) is 16.2. The van der Waals surface area contributed by atoms with Gasteiger partial charge in [0.25, 0.3) is 5.91 Å². The van der Waals surface area contributed by atoms with E-state index in [0.29, 0.717) is 25.2 Å². The summed E-state index contributed by atoms with van der Waals surface area (Å²) in [7, 11) is 0. The minimum Gasteiger partial charge on any atom is -0.370 e.